The Labute approximate surface area is 168 Å². The molecule has 4 nitrogen and oxygen atoms in total. The molecule has 5 heteroatoms. The van der Waals surface area contributed by atoms with E-state index in [9.17, 15) is 9.18 Å². The zero-order valence-electron chi connectivity index (χ0n) is 17.1. The summed E-state index contributed by atoms with van der Waals surface area (Å²) in [5.74, 6) is 0.0671. The van der Waals surface area contributed by atoms with Gasteiger partial charge in [-0.25, -0.2) is 4.39 Å². The van der Waals surface area contributed by atoms with Crippen molar-refractivity contribution in [2.75, 3.05) is 19.6 Å². The summed E-state index contributed by atoms with van der Waals surface area (Å²) >= 11 is 0. The summed E-state index contributed by atoms with van der Waals surface area (Å²) < 4.78 is 13.2. The third-order valence-corrected chi connectivity index (χ3v) is 7.18. The molecule has 0 aromatic heterocycles. The molecule has 3 fully saturated rings. The Morgan fingerprint density at radius 2 is 1.68 bits per heavy atom. The molecule has 0 radical (unpaired) electrons. The fourth-order valence-corrected chi connectivity index (χ4v) is 5.22. The zero-order chi connectivity index (χ0) is 19.5. The maximum atomic E-state index is 13.2. The molecule has 2 aliphatic heterocycles. The Bertz CT molecular complexity index is 650. The van der Waals surface area contributed by atoms with Gasteiger partial charge in [0.15, 0.2) is 0 Å². The summed E-state index contributed by atoms with van der Waals surface area (Å²) in [6.07, 6.45) is 9.53. The molecule has 0 bridgehead atoms. The highest BCUT2D eigenvalue weighted by atomic mass is 19.1. The van der Waals surface area contributed by atoms with E-state index in [1.165, 1.54) is 44.2 Å². The first-order chi connectivity index (χ1) is 13.6. The van der Waals surface area contributed by atoms with E-state index in [0.717, 1.165) is 44.5 Å². The van der Waals surface area contributed by atoms with Gasteiger partial charge in [-0.15, -0.1) is 0 Å². The molecule has 1 N–H and O–H groups in total. The molecule has 0 spiro atoms. The van der Waals surface area contributed by atoms with E-state index in [-0.39, 0.29) is 29.8 Å². The number of likely N-dealkylation sites (tertiary alicyclic amines) is 2. The minimum Gasteiger partial charge on any atom is -0.352 e. The summed E-state index contributed by atoms with van der Waals surface area (Å²) in [7, 11) is 0. The zero-order valence-corrected chi connectivity index (χ0v) is 17.1. The Morgan fingerprint density at radius 1 is 1.00 bits per heavy atom. The summed E-state index contributed by atoms with van der Waals surface area (Å²) in [6, 6.07) is 8.15. The van der Waals surface area contributed by atoms with Crippen molar-refractivity contribution >= 4 is 5.91 Å². The van der Waals surface area contributed by atoms with Crippen molar-refractivity contribution in [3.05, 3.63) is 35.6 Å². The van der Waals surface area contributed by atoms with Crippen LogP contribution in [0.4, 0.5) is 4.39 Å². The van der Waals surface area contributed by atoms with Gasteiger partial charge in [0.2, 0.25) is 5.91 Å². The molecule has 3 aliphatic rings. The van der Waals surface area contributed by atoms with Gasteiger partial charge in [-0.2, -0.15) is 0 Å². The number of nitrogens with one attached hydrogen (secondary N) is 1. The van der Waals surface area contributed by atoms with Crippen LogP contribution in [0, 0.1) is 5.82 Å². The number of carbonyl (C=O) groups is 1. The Hall–Kier alpha value is -1.46. The normalized spacial score (nSPS) is 26.6. The van der Waals surface area contributed by atoms with Crippen molar-refractivity contribution in [1.29, 1.82) is 0 Å². The van der Waals surface area contributed by atoms with E-state index in [1.54, 1.807) is 0 Å². The first kappa shape index (κ1) is 19.8. The molecule has 1 aliphatic carbocycles. The van der Waals surface area contributed by atoms with Crippen LogP contribution in [0.5, 0.6) is 0 Å². The second kappa shape index (κ2) is 8.91. The first-order valence-corrected chi connectivity index (χ1v) is 11.2. The molecule has 28 heavy (non-hydrogen) atoms. The lowest BCUT2D eigenvalue weighted by Crippen LogP contribution is -2.61. The predicted octanol–water partition coefficient (Wildman–Crippen LogP) is 3.87. The first-order valence-electron chi connectivity index (χ1n) is 11.2. The lowest BCUT2D eigenvalue weighted by Gasteiger charge is -2.47. The van der Waals surface area contributed by atoms with Crippen molar-refractivity contribution < 1.29 is 9.18 Å². The quantitative estimate of drug-likeness (QED) is 0.833. The van der Waals surface area contributed by atoms with Gasteiger partial charge in [0.05, 0.1) is 6.04 Å². The number of rotatable bonds is 5. The number of amides is 1. The molecular formula is C23H34FN3O. The van der Waals surface area contributed by atoms with Gasteiger partial charge in [-0.1, -0.05) is 31.4 Å². The molecule has 2 atom stereocenters. The van der Waals surface area contributed by atoms with Crippen molar-refractivity contribution in [2.45, 2.75) is 82.5 Å². The predicted molar refractivity (Wildman–Crippen MR) is 110 cm³/mol. The smallest absolute Gasteiger partial charge is 0.237 e. The Morgan fingerprint density at radius 3 is 2.29 bits per heavy atom. The molecule has 4 rings (SSSR count). The SMILES string of the molecule is CC(c1ccc(F)cc1)N1CCC(NC(=O)C2CCN2C2CCCCC2)CC1. The standard InChI is InChI=1S/C23H34FN3O/c1-17(18-7-9-19(24)10-8-18)26-14-11-20(12-15-26)25-23(28)22-13-16-27(22)21-5-3-2-4-6-21/h7-10,17,20-22H,2-6,11-16H2,1H3,(H,25,28). The molecule has 1 aromatic carbocycles. The van der Waals surface area contributed by atoms with Gasteiger partial charge in [-0.05, 0) is 56.7 Å². The number of halogens is 1. The molecule has 154 valence electrons. The van der Waals surface area contributed by atoms with Crippen LogP contribution >= 0.6 is 0 Å². The molecule has 1 aromatic rings. The van der Waals surface area contributed by atoms with Gasteiger partial charge in [0, 0.05) is 37.8 Å². The van der Waals surface area contributed by atoms with Gasteiger partial charge < -0.3 is 5.32 Å². The average molecular weight is 388 g/mol. The molecule has 1 saturated carbocycles. The van der Waals surface area contributed by atoms with Crippen LogP contribution in [-0.4, -0.2) is 53.5 Å². The Kier molecular flexibility index (Phi) is 6.32. The largest absolute Gasteiger partial charge is 0.352 e. The number of nitrogens with zero attached hydrogens (tertiary/aromatic N) is 2. The van der Waals surface area contributed by atoms with Crippen LogP contribution < -0.4 is 5.32 Å². The summed E-state index contributed by atoms with van der Waals surface area (Å²) in [6.45, 7) is 5.22. The van der Waals surface area contributed by atoms with Gasteiger partial charge in [-0.3, -0.25) is 14.6 Å². The van der Waals surface area contributed by atoms with E-state index < -0.39 is 0 Å². The highest BCUT2D eigenvalue weighted by molar-refractivity contribution is 5.83. The number of hydrogen-bond donors (Lipinski definition) is 1. The molecule has 2 saturated heterocycles. The lowest BCUT2D eigenvalue weighted by molar-refractivity contribution is -0.134. The monoisotopic (exact) mass is 387 g/mol. The molecule has 2 heterocycles. The minimum atomic E-state index is -0.185. The highest BCUT2D eigenvalue weighted by Crippen LogP contribution is 2.30. The summed E-state index contributed by atoms with van der Waals surface area (Å²) in [4.78, 5) is 17.7. The van der Waals surface area contributed by atoms with E-state index >= 15 is 0 Å². The second-order valence-corrected chi connectivity index (χ2v) is 8.88. The topological polar surface area (TPSA) is 35.6 Å². The fraction of sp³-hybridized carbons (Fsp3) is 0.696. The van der Waals surface area contributed by atoms with Crippen molar-refractivity contribution in [1.82, 2.24) is 15.1 Å². The van der Waals surface area contributed by atoms with Crippen molar-refractivity contribution in [3.63, 3.8) is 0 Å². The third-order valence-electron chi connectivity index (χ3n) is 7.18. The van der Waals surface area contributed by atoms with E-state index in [0.29, 0.717) is 6.04 Å². The van der Waals surface area contributed by atoms with Crippen LogP contribution in [-0.2, 0) is 4.79 Å². The summed E-state index contributed by atoms with van der Waals surface area (Å²) in [5, 5.41) is 3.34. The van der Waals surface area contributed by atoms with Crippen molar-refractivity contribution in [2.24, 2.45) is 0 Å². The van der Waals surface area contributed by atoms with Crippen LogP contribution in [0.1, 0.15) is 69.9 Å². The third kappa shape index (κ3) is 4.41. The van der Waals surface area contributed by atoms with E-state index in [4.69, 9.17) is 0 Å². The Balaban J connectivity index is 1.24. The molecule has 1 amide bonds. The van der Waals surface area contributed by atoms with Gasteiger partial charge in [0.1, 0.15) is 5.82 Å². The average Bonchev–Trinajstić information content (AvgIpc) is 2.68. The number of hydrogen-bond acceptors (Lipinski definition) is 3. The molecular weight excluding hydrogens is 353 g/mol. The van der Waals surface area contributed by atoms with Crippen molar-refractivity contribution in [3.8, 4) is 0 Å². The van der Waals surface area contributed by atoms with Crippen LogP contribution in [0.25, 0.3) is 0 Å². The maximum absolute atomic E-state index is 13.2. The maximum Gasteiger partial charge on any atom is 0.237 e. The van der Waals surface area contributed by atoms with Gasteiger partial charge in [0.25, 0.3) is 0 Å². The van der Waals surface area contributed by atoms with E-state index in [2.05, 4.69) is 22.0 Å². The highest BCUT2D eigenvalue weighted by Gasteiger charge is 2.39. The number of benzene rings is 1. The van der Waals surface area contributed by atoms with Crippen LogP contribution in [0.3, 0.4) is 0 Å². The van der Waals surface area contributed by atoms with Crippen LogP contribution in [0.2, 0.25) is 0 Å². The number of piperidine rings is 1. The van der Waals surface area contributed by atoms with Gasteiger partial charge >= 0.3 is 0 Å². The minimum absolute atomic E-state index is 0.110. The lowest BCUT2D eigenvalue weighted by atomic mass is 9.88. The second-order valence-electron chi connectivity index (χ2n) is 8.88. The van der Waals surface area contributed by atoms with Crippen LogP contribution in [0.15, 0.2) is 24.3 Å². The fourth-order valence-electron chi connectivity index (χ4n) is 5.22. The number of carbonyl (C=O) groups excluding carboxylic acids is 1. The summed E-state index contributed by atoms with van der Waals surface area (Å²) in [5.41, 5.74) is 1.15. The molecule has 2 unspecified atom stereocenters. The van der Waals surface area contributed by atoms with E-state index in [1.807, 2.05) is 12.1 Å².